The fraction of sp³-hybridized carbons (Fsp3) is 0.560. The Bertz CT molecular complexity index is 987. The Morgan fingerprint density at radius 2 is 1.79 bits per heavy atom. The third-order valence-corrected chi connectivity index (χ3v) is 7.84. The summed E-state index contributed by atoms with van der Waals surface area (Å²) in [6.07, 6.45) is 1.35. The van der Waals surface area contributed by atoms with Crippen LogP contribution in [0.1, 0.15) is 36.8 Å². The Morgan fingerprint density at radius 1 is 1.06 bits per heavy atom. The lowest BCUT2D eigenvalue weighted by Crippen LogP contribution is -2.47. The van der Waals surface area contributed by atoms with E-state index in [2.05, 4.69) is 4.90 Å². The summed E-state index contributed by atoms with van der Waals surface area (Å²) in [6, 6.07) is 13.4. The average Bonchev–Trinajstić information content (AvgIpc) is 3.25. The number of hydrogen-bond donors (Lipinski definition) is 0. The van der Waals surface area contributed by atoms with E-state index in [-0.39, 0.29) is 31.3 Å². The topological polar surface area (TPSA) is 83.3 Å². The molecule has 1 amide bonds. The van der Waals surface area contributed by atoms with Crippen LogP contribution in [-0.4, -0.2) is 80.1 Å². The Balaban J connectivity index is 1.75. The first-order valence-corrected chi connectivity index (χ1v) is 13.6. The highest BCUT2D eigenvalue weighted by molar-refractivity contribution is 7.89. The van der Waals surface area contributed by atoms with Gasteiger partial charge in [-0.2, -0.15) is 4.31 Å². The number of sulfonamides is 1. The molecule has 0 N–H and O–H groups in total. The van der Waals surface area contributed by atoms with Gasteiger partial charge in [-0.25, -0.2) is 8.42 Å². The summed E-state index contributed by atoms with van der Waals surface area (Å²) in [6.45, 7) is 8.02. The van der Waals surface area contributed by atoms with Crippen molar-refractivity contribution in [3.8, 4) is 0 Å². The number of benzene rings is 1. The molecule has 0 radical (unpaired) electrons. The van der Waals surface area contributed by atoms with E-state index in [1.54, 1.807) is 4.90 Å². The Labute approximate surface area is 203 Å². The summed E-state index contributed by atoms with van der Waals surface area (Å²) < 4.78 is 38.7. The molecule has 0 bridgehead atoms. The van der Waals surface area contributed by atoms with Gasteiger partial charge in [-0.3, -0.25) is 9.69 Å². The molecule has 34 heavy (non-hydrogen) atoms. The zero-order valence-corrected chi connectivity index (χ0v) is 21.1. The molecule has 1 fully saturated rings. The molecule has 0 aliphatic carbocycles. The zero-order chi connectivity index (χ0) is 24.4. The van der Waals surface area contributed by atoms with E-state index in [1.807, 2.05) is 56.3 Å². The molecule has 1 saturated heterocycles. The lowest BCUT2D eigenvalue weighted by atomic mass is 10.2. The summed E-state index contributed by atoms with van der Waals surface area (Å²) in [5.41, 5.74) is 0.979. The summed E-state index contributed by atoms with van der Waals surface area (Å²) >= 11 is 0. The van der Waals surface area contributed by atoms with Crippen LogP contribution in [0.2, 0.25) is 0 Å². The van der Waals surface area contributed by atoms with Crippen molar-refractivity contribution in [3.05, 3.63) is 59.5 Å². The average molecular weight is 492 g/mol. The van der Waals surface area contributed by atoms with Crippen molar-refractivity contribution in [1.82, 2.24) is 14.1 Å². The Hall–Kier alpha value is -2.20. The number of carbonyl (C=O) groups is 1. The van der Waals surface area contributed by atoms with Gasteiger partial charge in [0, 0.05) is 32.7 Å². The maximum Gasteiger partial charge on any atom is 0.238 e. The van der Waals surface area contributed by atoms with Crippen molar-refractivity contribution in [3.63, 3.8) is 0 Å². The molecule has 2 heterocycles. The van der Waals surface area contributed by atoms with Crippen LogP contribution in [0.5, 0.6) is 0 Å². The lowest BCUT2D eigenvalue weighted by molar-refractivity contribution is -0.133. The summed E-state index contributed by atoms with van der Waals surface area (Å²) in [5.74, 6) is 1.27. The second-order valence-electron chi connectivity index (χ2n) is 8.70. The van der Waals surface area contributed by atoms with Crippen LogP contribution in [0, 0.1) is 6.92 Å². The number of hydrogen-bond acceptors (Lipinski definition) is 6. The first-order chi connectivity index (χ1) is 16.4. The monoisotopic (exact) mass is 491 g/mol. The van der Waals surface area contributed by atoms with Gasteiger partial charge >= 0.3 is 0 Å². The smallest absolute Gasteiger partial charge is 0.238 e. The Morgan fingerprint density at radius 3 is 2.44 bits per heavy atom. The predicted octanol–water partition coefficient (Wildman–Crippen LogP) is 2.88. The Kier molecular flexibility index (Phi) is 10.1. The van der Waals surface area contributed by atoms with E-state index < -0.39 is 10.0 Å². The van der Waals surface area contributed by atoms with Gasteiger partial charge in [0.1, 0.15) is 11.5 Å². The fourth-order valence-corrected chi connectivity index (χ4v) is 5.47. The minimum atomic E-state index is -3.55. The van der Waals surface area contributed by atoms with Gasteiger partial charge in [-0.05, 0) is 31.0 Å². The summed E-state index contributed by atoms with van der Waals surface area (Å²) in [7, 11) is -3.55. The van der Waals surface area contributed by atoms with Crippen LogP contribution in [0.15, 0.2) is 46.9 Å². The van der Waals surface area contributed by atoms with Crippen molar-refractivity contribution in [2.24, 2.45) is 0 Å². The zero-order valence-electron chi connectivity index (χ0n) is 20.3. The largest absolute Gasteiger partial charge is 0.464 e. The maximum atomic E-state index is 13.5. The molecular weight excluding hydrogens is 454 g/mol. The van der Waals surface area contributed by atoms with Crippen molar-refractivity contribution < 1.29 is 22.4 Å². The number of rotatable bonds is 13. The first kappa shape index (κ1) is 26.4. The molecule has 188 valence electrons. The first-order valence-electron chi connectivity index (χ1n) is 12.0. The van der Waals surface area contributed by atoms with E-state index in [9.17, 15) is 13.2 Å². The molecule has 0 atom stereocenters. The van der Waals surface area contributed by atoms with Crippen LogP contribution in [0.4, 0.5) is 0 Å². The molecule has 1 aliphatic rings. The van der Waals surface area contributed by atoms with Gasteiger partial charge in [-0.1, -0.05) is 43.7 Å². The van der Waals surface area contributed by atoms with Gasteiger partial charge in [0.15, 0.2) is 0 Å². The number of nitrogens with zero attached hydrogens (tertiary/aromatic N) is 3. The van der Waals surface area contributed by atoms with Gasteiger partial charge < -0.3 is 14.1 Å². The van der Waals surface area contributed by atoms with Crippen LogP contribution >= 0.6 is 0 Å². The van der Waals surface area contributed by atoms with E-state index in [1.165, 1.54) is 4.31 Å². The fourth-order valence-electron chi connectivity index (χ4n) is 3.90. The molecule has 1 aromatic carbocycles. The molecule has 1 aromatic heterocycles. The van der Waals surface area contributed by atoms with Crippen LogP contribution < -0.4 is 0 Å². The summed E-state index contributed by atoms with van der Waals surface area (Å²) in [5, 5.41) is 0. The third-order valence-electron chi connectivity index (χ3n) is 5.94. The molecular formula is C25H37N3O5S. The highest BCUT2D eigenvalue weighted by Gasteiger charge is 2.28. The highest BCUT2D eigenvalue weighted by Crippen LogP contribution is 2.15. The van der Waals surface area contributed by atoms with Gasteiger partial charge in [0.05, 0.1) is 32.1 Å². The molecule has 2 aromatic rings. The lowest BCUT2D eigenvalue weighted by Gasteiger charge is -2.31. The minimum absolute atomic E-state index is 0.0515. The molecule has 8 nitrogen and oxygen atoms in total. The van der Waals surface area contributed by atoms with Crippen LogP contribution in [0.25, 0.3) is 0 Å². The van der Waals surface area contributed by atoms with Crippen molar-refractivity contribution in [2.45, 2.75) is 39.8 Å². The number of unbranched alkanes of at least 4 members (excludes halogenated alkanes) is 1. The number of amides is 1. The predicted molar refractivity (Wildman–Crippen MR) is 132 cm³/mol. The quantitative estimate of drug-likeness (QED) is 0.429. The number of carbonyl (C=O) groups excluding carboxylic acids is 1. The highest BCUT2D eigenvalue weighted by atomic mass is 32.2. The molecule has 3 rings (SSSR count). The van der Waals surface area contributed by atoms with Gasteiger partial charge in [0.25, 0.3) is 0 Å². The second-order valence-corrected chi connectivity index (χ2v) is 10.8. The van der Waals surface area contributed by atoms with Crippen LogP contribution in [-0.2, 0) is 32.6 Å². The van der Waals surface area contributed by atoms with Gasteiger partial charge in [0.2, 0.25) is 15.9 Å². The molecule has 9 heteroatoms. The van der Waals surface area contributed by atoms with E-state index >= 15 is 0 Å². The number of ether oxygens (including phenoxy) is 1. The number of aryl methyl sites for hydroxylation is 1. The molecule has 0 spiro atoms. The normalized spacial score (nSPS) is 15.0. The SMILES string of the molecule is CCCCS(=O)(=O)N(CCN1CCOCC1)CC(=O)N(Cc1ccccc1)Cc1ccc(C)o1. The number of morpholine rings is 1. The van der Waals surface area contributed by atoms with Gasteiger partial charge in [-0.15, -0.1) is 0 Å². The van der Waals surface area contributed by atoms with Crippen molar-refractivity contribution >= 4 is 15.9 Å². The molecule has 1 aliphatic heterocycles. The maximum absolute atomic E-state index is 13.5. The third kappa shape index (κ3) is 8.23. The van der Waals surface area contributed by atoms with E-state index in [4.69, 9.17) is 9.15 Å². The summed E-state index contributed by atoms with van der Waals surface area (Å²) in [4.78, 5) is 17.3. The van der Waals surface area contributed by atoms with Crippen molar-refractivity contribution in [2.75, 3.05) is 51.7 Å². The minimum Gasteiger partial charge on any atom is -0.464 e. The standard InChI is InChI=1S/C25H37N3O5S/c1-3-4-18-34(30,31)28(13-12-26-14-16-32-17-15-26)21-25(29)27(19-23-8-6-5-7-9-23)20-24-11-10-22(2)33-24/h5-11H,3-4,12-21H2,1-2H3. The molecule has 0 saturated carbocycles. The molecule has 0 unspecified atom stereocenters. The van der Waals surface area contributed by atoms with Crippen LogP contribution in [0.3, 0.4) is 0 Å². The second kappa shape index (κ2) is 13.0. The number of furan rings is 1. The van der Waals surface area contributed by atoms with E-state index in [0.29, 0.717) is 38.5 Å². The van der Waals surface area contributed by atoms with E-state index in [0.717, 1.165) is 30.8 Å². The van der Waals surface area contributed by atoms with Crippen molar-refractivity contribution in [1.29, 1.82) is 0 Å².